The predicted octanol–water partition coefficient (Wildman–Crippen LogP) is 4.85. The van der Waals surface area contributed by atoms with Gasteiger partial charge in [0, 0.05) is 11.6 Å². The van der Waals surface area contributed by atoms with Crippen molar-refractivity contribution in [1.29, 1.82) is 0 Å². The van der Waals surface area contributed by atoms with Crippen molar-refractivity contribution in [3.63, 3.8) is 0 Å². The fourth-order valence-electron chi connectivity index (χ4n) is 3.75. The second kappa shape index (κ2) is 10.3. The van der Waals surface area contributed by atoms with Gasteiger partial charge < -0.3 is 20.3 Å². The standard InChI is InChI=1S/C26H22ClN3O5/c1-35-23-12-11-17(16-7-3-2-4-8-16)13-18(23)20(15-25(32)33)28-26(34)21-14-24(31)30(29-21)22-10-6-5-9-19(22)27/h2-14,20,31H,15H2,1H3,(H,28,34)(H,32,33). The average Bonchev–Trinajstić information content (AvgIpc) is 3.25. The first-order chi connectivity index (χ1) is 16.9. The quantitative estimate of drug-likeness (QED) is 0.324. The molecule has 1 heterocycles. The number of carbonyl (C=O) groups excluding carboxylic acids is 1. The molecule has 4 rings (SSSR count). The molecule has 0 bridgehead atoms. The summed E-state index contributed by atoms with van der Waals surface area (Å²) in [6.07, 6.45) is -0.391. The number of halogens is 1. The van der Waals surface area contributed by atoms with Crippen LogP contribution in [0.15, 0.2) is 78.9 Å². The maximum absolute atomic E-state index is 13.1. The Morgan fingerprint density at radius 2 is 1.74 bits per heavy atom. The first-order valence-corrected chi connectivity index (χ1v) is 11.0. The molecule has 178 valence electrons. The molecule has 35 heavy (non-hydrogen) atoms. The predicted molar refractivity (Wildman–Crippen MR) is 131 cm³/mol. The number of nitrogens with zero attached hydrogens (tertiary/aromatic N) is 2. The Morgan fingerprint density at radius 1 is 1.03 bits per heavy atom. The molecule has 1 unspecified atom stereocenters. The van der Waals surface area contributed by atoms with Gasteiger partial charge in [0.1, 0.15) is 5.75 Å². The van der Waals surface area contributed by atoms with Crippen LogP contribution in [-0.2, 0) is 4.79 Å². The number of aromatic nitrogens is 2. The minimum atomic E-state index is -1.10. The highest BCUT2D eigenvalue weighted by molar-refractivity contribution is 6.32. The van der Waals surface area contributed by atoms with Crippen molar-refractivity contribution in [2.75, 3.05) is 7.11 Å². The topological polar surface area (TPSA) is 114 Å². The molecule has 3 aromatic carbocycles. The number of hydrogen-bond donors (Lipinski definition) is 3. The Morgan fingerprint density at radius 3 is 2.43 bits per heavy atom. The van der Waals surface area contributed by atoms with E-state index >= 15 is 0 Å². The van der Waals surface area contributed by atoms with Crippen LogP contribution in [0.25, 0.3) is 16.8 Å². The summed E-state index contributed by atoms with van der Waals surface area (Å²) in [5.41, 5.74) is 2.56. The molecule has 0 saturated heterocycles. The van der Waals surface area contributed by atoms with Crippen LogP contribution >= 0.6 is 11.6 Å². The smallest absolute Gasteiger partial charge is 0.305 e. The number of ether oxygens (including phenoxy) is 1. The van der Waals surface area contributed by atoms with Crippen LogP contribution in [0.3, 0.4) is 0 Å². The molecule has 3 N–H and O–H groups in total. The summed E-state index contributed by atoms with van der Waals surface area (Å²) in [6.45, 7) is 0. The molecule has 0 aliphatic rings. The van der Waals surface area contributed by atoms with E-state index in [1.54, 1.807) is 36.4 Å². The number of benzene rings is 3. The summed E-state index contributed by atoms with van der Waals surface area (Å²) in [5, 5.41) is 27.1. The van der Waals surface area contributed by atoms with Crippen molar-refractivity contribution < 1.29 is 24.5 Å². The highest BCUT2D eigenvalue weighted by Gasteiger charge is 2.25. The number of carboxylic acids is 1. The number of nitrogens with one attached hydrogen (secondary N) is 1. The first kappa shape index (κ1) is 23.8. The summed E-state index contributed by atoms with van der Waals surface area (Å²) < 4.78 is 6.60. The zero-order valence-corrected chi connectivity index (χ0v) is 19.4. The third kappa shape index (κ3) is 5.28. The van der Waals surface area contributed by atoms with Gasteiger partial charge in [-0.1, -0.05) is 60.1 Å². The van der Waals surface area contributed by atoms with Gasteiger partial charge in [0.2, 0.25) is 5.88 Å². The molecule has 0 aliphatic carbocycles. The van der Waals surface area contributed by atoms with Crippen LogP contribution in [0.4, 0.5) is 0 Å². The molecule has 0 fully saturated rings. The summed E-state index contributed by atoms with van der Waals surface area (Å²) in [6, 6.07) is 21.9. The number of aromatic hydroxyl groups is 1. The van der Waals surface area contributed by atoms with E-state index in [-0.39, 0.29) is 11.6 Å². The summed E-state index contributed by atoms with van der Waals surface area (Å²) in [4.78, 5) is 24.8. The Kier molecular flexibility index (Phi) is 7.03. The molecule has 1 amide bonds. The Balaban J connectivity index is 1.68. The molecule has 0 radical (unpaired) electrons. The average molecular weight is 492 g/mol. The highest BCUT2D eigenvalue weighted by Crippen LogP contribution is 2.33. The Bertz CT molecular complexity index is 1370. The number of para-hydroxylation sites is 1. The van der Waals surface area contributed by atoms with Crippen LogP contribution < -0.4 is 10.1 Å². The van der Waals surface area contributed by atoms with Crippen LogP contribution in [0.5, 0.6) is 11.6 Å². The van der Waals surface area contributed by atoms with Gasteiger partial charge >= 0.3 is 5.97 Å². The van der Waals surface area contributed by atoms with Gasteiger partial charge in [-0.3, -0.25) is 9.59 Å². The van der Waals surface area contributed by atoms with E-state index in [0.29, 0.717) is 22.0 Å². The van der Waals surface area contributed by atoms with Crippen molar-refractivity contribution in [3.8, 4) is 28.4 Å². The molecule has 8 nitrogen and oxygen atoms in total. The second-order valence-corrected chi connectivity index (χ2v) is 8.10. The van der Waals surface area contributed by atoms with Crippen LogP contribution in [0.1, 0.15) is 28.5 Å². The number of rotatable bonds is 8. The van der Waals surface area contributed by atoms with E-state index in [1.165, 1.54) is 13.2 Å². The lowest BCUT2D eigenvalue weighted by molar-refractivity contribution is -0.137. The zero-order valence-electron chi connectivity index (χ0n) is 18.7. The minimum Gasteiger partial charge on any atom is -0.496 e. The highest BCUT2D eigenvalue weighted by atomic mass is 35.5. The largest absolute Gasteiger partial charge is 0.496 e. The van der Waals surface area contributed by atoms with Crippen molar-refractivity contribution in [1.82, 2.24) is 15.1 Å². The fraction of sp³-hybridized carbons (Fsp3) is 0.115. The molecular formula is C26H22ClN3O5. The van der Waals surface area contributed by atoms with Gasteiger partial charge in [-0.2, -0.15) is 9.78 Å². The van der Waals surface area contributed by atoms with Gasteiger partial charge in [0.05, 0.1) is 30.3 Å². The summed E-state index contributed by atoms with van der Waals surface area (Å²) in [7, 11) is 1.48. The number of carbonyl (C=O) groups is 2. The molecule has 0 saturated carbocycles. The van der Waals surface area contributed by atoms with E-state index in [4.69, 9.17) is 16.3 Å². The maximum Gasteiger partial charge on any atom is 0.305 e. The van der Waals surface area contributed by atoms with Gasteiger partial charge in [-0.05, 0) is 35.4 Å². The third-order valence-corrected chi connectivity index (χ3v) is 5.72. The van der Waals surface area contributed by atoms with Crippen LogP contribution in [-0.4, -0.2) is 39.0 Å². The van der Waals surface area contributed by atoms with E-state index in [9.17, 15) is 19.8 Å². The van der Waals surface area contributed by atoms with Crippen molar-refractivity contribution in [3.05, 3.63) is 95.1 Å². The van der Waals surface area contributed by atoms with Gasteiger partial charge in [-0.15, -0.1) is 0 Å². The van der Waals surface area contributed by atoms with Crippen LogP contribution in [0, 0.1) is 0 Å². The van der Waals surface area contributed by atoms with E-state index in [0.717, 1.165) is 15.8 Å². The normalized spacial score (nSPS) is 11.6. The summed E-state index contributed by atoms with van der Waals surface area (Å²) in [5.74, 6) is -1.63. The van der Waals surface area contributed by atoms with Crippen molar-refractivity contribution in [2.45, 2.75) is 12.5 Å². The van der Waals surface area contributed by atoms with E-state index < -0.39 is 24.3 Å². The lowest BCUT2D eigenvalue weighted by Crippen LogP contribution is -2.31. The lowest BCUT2D eigenvalue weighted by Gasteiger charge is -2.20. The number of hydrogen-bond acceptors (Lipinski definition) is 5. The molecule has 0 aliphatic heterocycles. The number of carboxylic acid groups (broad SMARTS) is 1. The molecule has 4 aromatic rings. The Labute approximate surface area is 206 Å². The number of amides is 1. The zero-order chi connectivity index (χ0) is 24.9. The molecule has 1 atom stereocenters. The van der Waals surface area contributed by atoms with E-state index in [1.807, 2.05) is 36.4 Å². The minimum absolute atomic E-state index is 0.101. The molecule has 9 heteroatoms. The third-order valence-electron chi connectivity index (χ3n) is 5.40. The SMILES string of the molecule is COc1ccc(-c2ccccc2)cc1C(CC(=O)O)NC(=O)c1cc(O)n(-c2ccccc2Cl)n1. The van der Waals surface area contributed by atoms with Gasteiger partial charge in [-0.25, -0.2) is 0 Å². The Hall–Kier alpha value is -4.30. The van der Waals surface area contributed by atoms with Gasteiger partial charge in [0.25, 0.3) is 5.91 Å². The van der Waals surface area contributed by atoms with Crippen molar-refractivity contribution >= 4 is 23.5 Å². The maximum atomic E-state index is 13.1. The number of aliphatic carboxylic acids is 1. The fourth-order valence-corrected chi connectivity index (χ4v) is 3.96. The van der Waals surface area contributed by atoms with E-state index in [2.05, 4.69) is 10.4 Å². The lowest BCUT2D eigenvalue weighted by atomic mass is 9.96. The monoisotopic (exact) mass is 491 g/mol. The van der Waals surface area contributed by atoms with Gasteiger partial charge in [0.15, 0.2) is 5.69 Å². The molecule has 0 spiro atoms. The summed E-state index contributed by atoms with van der Waals surface area (Å²) >= 11 is 6.19. The van der Waals surface area contributed by atoms with Crippen molar-refractivity contribution in [2.24, 2.45) is 0 Å². The second-order valence-electron chi connectivity index (χ2n) is 7.70. The molecular weight excluding hydrogens is 470 g/mol. The van der Waals surface area contributed by atoms with Crippen LogP contribution in [0.2, 0.25) is 5.02 Å². The molecule has 1 aromatic heterocycles. The number of methoxy groups -OCH3 is 1. The first-order valence-electron chi connectivity index (χ1n) is 10.7.